The van der Waals surface area contributed by atoms with Gasteiger partial charge >= 0.3 is 0 Å². The summed E-state index contributed by atoms with van der Waals surface area (Å²) in [4.78, 5) is 0.802. The van der Waals surface area contributed by atoms with Crippen molar-refractivity contribution in [1.82, 2.24) is 5.32 Å². The number of hydrogen-bond acceptors (Lipinski definition) is 2. The lowest BCUT2D eigenvalue weighted by Gasteiger charge is -2.26. The molecule has 0 aromatic heterocycles. The number of halogens is 2. The molecule has 0 radical (unpaired) electrons. The van der Waals surface area contributed by atoms with Crippen molar-refractivity contribution in [1.29, 1.82) is 0 Å². The second-order valence-corrected chi connectivity index (χ2v) is 4.50. The fourth-order valence-corrected chi connectivity index (χ4v) is 2.26. The normalized spacial score (nSPS) is 16.7. The van der Waals surface area contributed by atoms with Gasteiger partial charge in [-0.2, -0.15) is 0 Å². The lowest BCUT2D eigenvalue weighted by Crippen LogP contribution is -2.43. The highest BCUT2D eigenvalue weighted by Crippen LogP contribution is 2.23. The zero-order valence-electron chi connectivity index (χ0n) is 7.59. The van der Waals surface area contributed by atoms with E-state index in [9.17, 15) is 8.78 Å². The predicted octanol–water partition coefficient (Wildman–Crippen LogP) is 2.28. The molecule has 0 unspecified atom stereocenters. The van der Waals surface area contributed by atoms with Gasteiger partial charge < -0.3 is 5.32 Å². The Bertz CT molecular complexity index is 326. The van der Waals surface area contributed by atoms with Crippen molar-refractivity contribution in [2.45, 2.75) is 4.90 Å². The molecule has 1 aromatic rings. The molecule has 0 saturated carbocycles. The summed E-state index contributed by atoms with van der Waals surface area (Å²) in [5, 5.41) is 3.17. The van der Waals surface area contributed by atoms with Crippen LogP contribution in [0.4, 0.5) is 8.78 Å². The molecule has 1 heterocycles. The van der Waals surface area contributed by atoms with Gasteiger partial charge in [-0.25, -0.2) is 8.78 Å². The maximum Gasteiger partial charge on any atom is 0.159 e. The Hall–Kier alpha value is -0.610. The van der Waals surface area contributed by atoms with Gasteiger partial charge in [0.15, 0.2) is 11.6 Å². The molecular formula is C10H11F2NS. The van der Waals surface area contributed by atoms with Crippen LogP contribution >= 0.6 is 11.8 Å². The first-order valence-corrected chi connectivity index (χ1v) is 5.53. The Morgan fingerprint density at radius 2 is 2.07 bits per heavy atom. The zero-order chi connectivity index (χ0) is 9.97. The molecule has 1 aliphatic heterocycles. The highest BCUT2D eigenvalue weighted by molar-refractivity contribution is 7.99. The lowest BCUT2D eigenvalue weighted by atomic mass is 10.1. The van der Waals surface area contributed by atoms with Crippen LogP contribution in [-0.2, 0) is 0 Å². The fraction of sp³-hybridized carbons (Fsp3) is 0.400. The molecule has 0 spiro atoms. The van der Waals surface area contributed by atoms with E-state index in [0.717, 1.165) is 23.7 Å². The van der Waals surface area contributed by atoms with Gasteiger partial charge in [-0.15, -0.1) is 11.8 Å². The molecule has 0 atom stereocenters. The smallest absolute Gasteiger partial charge is 0.159 e. The van der Waals surface area contributed by atoms with Crippen LogP contribution in [0.15, 0.2) is 23.1 Å². The average molecular weight is 215 g/mol. The van der Waals surface area contributed by atoms with E-state index in [2.05, 4.69) is 5.32 Å². The maximum atomic E-state index is 12.8. The molecule has 1 aliphatic rings. The van der Waals surface area contributed by atoms with Gasteiger partial charge in [0.05, 0.1) is 0 Å². The summed E-state index contributed by atoms with van der Waals surface area (Å²) in [5.74, 6) is 0.104. The van der Waals surface area contributed by atoms with Crippen LogP contribution in [0, 0.1) is 17.6 Å². The van der Waals surface area contributed by atoms with Crippen molar-refractivity contribution in [3.8, 4) is 0 Å². The van der Waals surface area contributed by atoms with Crippen LogP contribution in [0.3, 0.4) is 0 Å². The molecule has 0 bridgehead atoms. The van der Waals surface area contributed by atoms with Crippen LogP contribution in [0.1, 0.15) is 0 Å². The third-order valence-electron chi connectivity index (χ3n) is 2.24. The minimum absolute atomic E-state index is 0.674. The molecule has 14 heavy (non-hydrogen) atoms. The van der Waals surface area contributed by atoms with E-state index in [1.54, 1.807) is 17.8 Å². The first-order valence-electron chi connectivity index (χ1n) is 4.54. The molecule has 76 valence electrons. The minimum Gasteiger partial charge on any atom is -0.316 e. The van der Waals surface area contributed by atoms with Crippen molar-refractivity contribution in [2.24, 2.45) is 5.92 Å². The molecule has 4 heteroatoms. The highest BCUT2D eigenvalue weighted by Gasteiger charge is 2.16. The topological polar surface area (TPSA) is 12.0 Å². The SMILES string of the molecule is Fc1ccc(SCC2CNC2)cc1F. The molecule has 1 fully saturated rings. The summed E-state index contributed by atoms with van der Waals surface area (Å²) in [6.45, 7) is 2.08. The van der Waals surface area contributed by atoms with Crippen LogP contribution in [-0.4, -0.2) is 18.8 Å². The molecule has 1 aromatic carbocycles. The number of nitrogens with one attached hydrogen (secondary N) is 1. The summed E-state index contributed by atoms with van der Waals surface area (Å²) in [5.41, 5.74) is 0. The summed E-state index contributed by atoms with van der Waals surface area (Å²) in [7, 11) is 0. The summed E-state index contributed by atoms with van der Waals surface area (Å²) < 4.78 is 25.4. The largest absolute Gasteiger partial charge is 0.316 e. The Morgan fingerprint density at radius 1 is 1.29 bits per heavy atom. The average Bonchev–Trinajstić information content (AvgIpc) is 2.08. The second kappa shape index (κ2) is 4.28. The quantitative estimate of drug-likeness (QED) is 0.776. The molecule has 2 rings (SSSR count). The second-order valence-electron chi connectivity index (χ2n) is 3.41. The van der Waals surface area contributed by atoms with Crippen molar-refractivity contribution in [3.63, 3.8) is 0 Å². The predicted molar refractivity (Wildman–Crippen MR) is 53.4 cm³/mol. The van der Waals surface area contributed by atoms with Crippen LogP contribution in [0.25, 0.3) is 0 Å². The fourth-order valence-electron chi connectivity index (χ4n) is 1.25. The van der Waals surface area contributed by atoms with E-state index in [-0.39, 0.29) is 0 Å². The van der Waals surface area contributed by atoms with E-state index in [1.807, 2.05) is 0 Å². The van der Waals surface area contributed by atoms with Crippen LogP contribution in [0.2, 0.25) is 0 Å². The van der Waals surface area contributed by atoms with Crippen molar-refractivity contribution in [3.05, 3.63) is 29.8 Å². The van der Waals surface area contributed by atoms with Gasteiger partial charge in [0.1, 0.15) is 0 Å². The standard InChI is InChI=1S/C10H11F2NS/c11-9-2-1-8(3-10(9)12)14-6-7-4-13-5-7/h1-3,7,13H,4-6H2. The molecule has 1 saturated heterocycles. The summed E-state index contributed by atoms with van der Waals surface area (Å²) in [6, 6.07) is 4.05. The third kappa shape index (κ3) is 2.25. The van der Waals surface area contributed by atoms with Crippen LogP contribution in [0.5, 0.6) is 0 Å². The van der Waals surface area contributed by atoms with Gasteiger partial charge in [-0.05, 0) is 37.2 Å². The zero-order valence-corrected chi connectivity index (χ0v) is 8.41. The Kier molecular flexibility index (Phi) is 3.03. The van der Waals surface area contributed by atoms with Gasteiger partial charge in [0.25, 0.3) is 0 Å². The first kappa shape index (κ1) is 9.93. The van der Waals surface area contributed by atoms with Gasteiger partial charge in [0.2, 0.25) is 0 Å². The Balaban J connectivity index is 1.91. The van der Waals surface area contributed by atoms with Crippen molar-refractivity contribution in [2.75, 3.05) is 18.8 Å². The monoisotopic (exact) mass is 215 g/mol. The first-order chi connectivity index (χ1) is 6.75. The maximum absolute atomic E-state index is 12.8. The number of hydrogen-bond donors (Lipinski definition) is 1. The van der Waals surface area contributed by atoms with Crippen LogP contribution < -0.4 is 5.32 Å². The van der Waals surface area contributed by atoms with Gasteiger partial charge in [-0.1, -0.05) is 0 Å². The molecule has 1 N–H and O–H groups in total. The van der Waals surface area contributed by atoms with Crippen molar-refractivity contribution >= 4 is 11.8 Å². The molecule has 0 aliphatic carbocycles. The van der Waals surface area contributed by atoms with E-state index in [4.69, 9.17) is 0 Å². The van der Waals surface area contributed by atoms with Crippen molar-refractivity contribution < 1.29 is 8.78 Å². The lowest BCUT2D eigenvalue weighted by molar-refractivity contribution is 0.385. The Labute approximate surface area is 85.9 Å². The highest BCUT2D eigenvalue weighted by atomic mass is 32.2. The van der Waals surface area contributed by atoms with Gasteiger partial charge in [0, 0.05) is 10.6 Å². The number of rotatable bonds is 3. The third-order valence-corrected chi connectivity index (χ3v) is 3.47. The molecular weight excluding hydrogens is 204 g/mol. The summed E-state index contributed by atoms with van der Waals surface area (Å²) in [6.07, 6.45) is 0. The van der Waals surface area contributed by atoms with E-state index >= 15 is 0 Å². The van der Waals surface area contributed by atoms with Gasteiger partial charge in [-0.3, -0.25) is 0 Å². The minimum atomic E-state index is -0.778. The van der Waals surface area contributed by atoms with E-state index in [0.29, 0.717) is 5.92 Å². The number of benzene rings is 1. The van der Waals surface area contributed by atoms with E-state index in [1.165, 1.54) is 12.1 Å². The summed E-state index contributed by atoms with van der Waals surface area (Å²) >= 11 is 1.58. The Morgan fingerprint density at radius 3 is 2.64 bits per heavy atom. The van der Waals surface area contributed by atoms with E-state index < -0.39 is 11.6 Å². The molecule has 1 nitrogen and oxygen atoms in total. The molecule has 0 amide bonds. The number of thioether (sulfide) groups is 1.